The molecule has 0 N–H and O–H groups in total. The molecular weight excluding hydrogens is 548 g/mol. The lowest BCUT2D eigenvalue weighted by Crippen LogP contribution is -2.62. The van der Waals surface area contributed by atoms with Gasteiger partial charge in [-0.3, -0.25) is 24.0 Å². The number of hydrogen-bond acceptors (Lipinski definition) is 14. The van der Waals surface area contributed by atoms with Crippen LogP contribution in [0, 0.1) is 0 Å². The topological polar surface area (TPSA) is 168 Å². The monoisotopic (exact) mass is 582 g/mol. The SMILES string of the molecule is CC(=O)OC1COC(OC2COC(OCc3ccccc3)C(OC(C)=O)C2OC(C)=O)C(OC(C)=O)C1OC(C)=O. The summed E-state index contributed by atoms with van der Waals surface area (Å²) in [5.74, 6) is -3.60. The van der Waals surface area contributed by atoms with Crippen LogP contribution >= 0.6 is 0 Å². The molecule has 14 heteroatoms. The Morgan fingerprint density at radius 2 is 1.05 bits per heavy atom. The largest absolute Gasteiger partial charge is 0.456 e. The second kappa shape index (κ2) is 14.9. The van der Waals surface area contributed by atoms with Crippen molar-refractivity contribution in [2.24, 2.45) is 0 Å². The van der Waals surface area contributed by atoms with Gasteiger partial charge in [-0.05, 0) is 5.56 Å². The maximum atomic E-state index is 12.1. The van der Waals surface area contributed by atoms with Crippen LogP contribution in [0.1, 0.15) is 40.2 Å². The molecule has 3 rings (SSSR count). The summed E-state index contributed by atoms with van der Waals surface area (Å²) in [4.78, 5) is 59.6. The van der Waals surface area contributed by atoms with E-state index in [0.717, 1.165) is 33.3 Å². The molecule has 0 amide bonds. The van der Waals surface area contributed by atoms with Crippen molar-refractivity contribution in [3.8, 4) is 0 Å². The minimum atomic E-state index is -1.40. The molecular formula is C27H34O14. The number of esters is 5. The molecule has 2 heterocycles. The Kier molecular flexibility index (Phi) is 11.6. The van der Waals surface area contributed by atoms with Crippen LogP contribution in [0.15, 0.2) is 30.3 Å². The normalized spacial score (nSPS) is 29.5. The number of benzene rings is 1. The third-order valence-corrected chi connectivity index (χ3v) is 5.86. The van der Waals surface area contributed by atoms with Crippen LogP contribution in [0.2, 0.25) is 0 Å². The van der Waals surface area contributed by atoms with E-state index in [9.17, 15) is 24.0 Å². The Hall–Kier alpha value is -3.59. The smallest absolute Gasteiger partial charge is 0.303 e. The second-order valence-electron chi connectivity index (χ2n) is 9.32. The Labute approximate surface area is 236 Å². The van der Waals surface area contributed by atoms with Crippen molar-refractivity contribution in [1.82, 2.24) is 0 Å². The summed E-state index contributed by atoms with van der Waals surface area (Å²) >= 11 is 0. The highest BCUT2D eigenvalue weighted by Gasteiger charge is 2.52. The molecule has 2 aliphatic heterocycles. The number of carbonyl (C=O) groups is 5. The predicted molar refractivity (Wildman–Crippen MR) is 133 cm³/mol. The maximum absolute atomic E-state index is 12.1. The number of hydrogen-bond donors (Lipinski definition) is 0. The van der Waals surface area contributed by atoms with E-state index in [-0.39, 0.29) is 19.8 Å². The summed E-state index contributed by atoms with van der Waals surface area (Å²) in [6.45, 7) is 5.32. The van der Waals surface area contributed by atoms with Gasteiger partial charge in [0.05, 0.1) is 19.8 Å². The van der Waals surface area contributed by atoms with E-state index >= 15 is 0 Å². The quantitative estimate of drug-likeness (QED) is 0.282. The van der Waals surface area contributed by atoms with E-state index in [0.29, 0.717) is 0 Å². The maximum Gasteiger partial charge on any atom is 0.303 e. The fraction of sp³-hybridized carbons (Fsp3) is 0.593. The van der Waals surface area contributed by atoms with Gasteiger partial charge in [-0.1, -0.05) is 30.3 Å². The van der Waals surface area contributed by atoms with Gasteiger partial charge >= 0.3 is 29.8 Å². The van der Waals surface area contributed by atoms with Gasteiger partial charge in [0, 0.05) is 34.6 Å². The van der Waals surface area contributed by atoms with Crippen molar-refractivity contribution < 1.29 is 66.6 Å². The summed E-state index contributed by atoms with van der Waals surface area (Å²) in [6, 6.07) is 9.16. The van der Waals surface area contributed by atoms with Gasteiger partial charge in [-0.15, -0.1) is 0 Å². The Balaban J connectivity index is 1.86. The first kappa shape index (κ1) is 31.9. The average molecular weight is 583 g/mol. The Morgan fingerprint density at radius 3 is 1.59 bits per heavy atom. The molecule has 8 atom stereocenters. The third kappa shape index (κ3) is 9.49. The molecule has 2 fully saturated rings. The summed E-state index contributed by atoms with van der Waals surface area (Å²) in [6.07, 6.45) is -9.97. The van der Waals surface area contributed by atoms with E-state index in [2.05, 4.69) is 0 Å². The predicted octanol–water partition coefficient (Wildman–Crippen LogP) is 0.960. The zero-order valence-electron chi connectivity index (χ0n) is 23.3. The summed E-state index contributed by atoms with van der Waals surface area (Å²) in [7, 11) is 0. The fourth-order valence-corrected chi connectivity index (χ4v) is 4.40. The van der Waals surface area contributed by atoms with Gasteiger partial charge in [0.25, 0.3) is 0 Å². The first-order chi connectivity index (χ1) is 19.4. The van der Waals surface area contributed by atoms with Crippen molar-refractivity contribution in [2.45, 2.75) is 90.4 Å². The van der Waals surface area contributed by atoms with Gasteiger partial charge < -0.3 is 42.6 Å². The molecule has 0 saturated carbocycles. The van der Waals surface area contributed by atoms with Crippen LogP contribution in [-0.4, -0.2) is 92.3 Å². The Bertz CT molecular complexity index is 1080. The molecule has 0 radical (unpaired) electrons. The summed E-state index contributed by atoms with van der Waals surface area (Å²) in [5, 5.41) is 0. The minimum absolute atomic E-state index is 0.101. The van der Waals surface area contributed by atoms with Crippen LogP contribution in [0.5, 0.6) is 0 Å². The van der Waals surface area contributed by atoms with Crippen LogP contribution < -0.4 is 0 Å². The van der Waals surface area contributed by atoms with Crippen molar-refractivity contribution in [1.29, 1.82) is 0 Å². The molecule has 0 aliphatic carbocycles. The van der Waals surface area contributed by atoms with Crippen molar-refractivity contribution in [3.05, 3.63) is 35.9 Å². The van der Waals surface area contributed by atoms with Gasteiger partial charge in [-0.25, -0.2) is 0 Å². The lowest BCUT2D eigenvalue weighted by molar-refractivity contribution is -0.333. The first-order valence-electron chi connectivity index (χ1n) is 12.8. The second-order valence-corrected chi connectivity index (χ2v) is 9.32. The van der Waals surface area contributed by atoms with E-state index in [1.165, 1.54) is 6.92 Å². The number of ether oxygens (including phenoxy) is 9. The molecule has 2 saturated heterocycles. The van der Waals surface area contributed by atoms with Crippen molar-refractivity contribution >= 4 is 29.8 Å². The molecule has 0 aromatic heterocycles. The molecule has 41 heavy (non-hydrogen) atoms. The van der Waals surface area contributed by atoms with Crippen molar-refractivity contribution in [3.63, 3.8) is 0 Å². The number of rotatable bonds is 10. The van der Waals surface area contributed by atoms with E-state index in [4.69, 9.17) is 42.6 Å². The van der Waals surface area contributed by atoms with Gasteiger partial charge in [0.15, 0.2) is 43.1 Å². The fourth-order valence-electron chi connectivity index (χ4n) is 4.40. The minimum Gasteiger partial charge on any atom is -0.456 e. The number of carbonyl (C=O) groups excluding carboxylic acids is 5. The molecule has 1 aromatic carbocycles. The van der Waals surface area contributed by atoms with E-state index in [1.54, 1.807) is 0 Å². The standard InChI is InChI=1S/C27H34O14/c1-14(28)36-20-12-35-27(25(40-18(5)32)22(20)37-15(2)29)41-21-13-34-26(33-11-19-9-7-6-8-10-19)24(39-17(4)31)23(21)38-16(3)30/h6-10,20-27H,11-13H2,1-5H3. The van der Waals surface area contributed by atoms with E-state index in [1.807, 2.05) is 30.3 Å². The molecule has 0 spiro atoms. The van der Waals surface area contributed by atoms with Crippen molar-refractivity contribution in [2.75, 3.05) is 13.2 Å². The highest BCUT2D eigenvalue weighted by molar-refractivity contribution is 5.69. The van der Waals surface area contributed by atoms with Gasteiger partial charge in [0.2, 0.25) is 0 Å². The van der Waals surface area contributed by atoms with Gasteiger partial charge in [-0.2, -0.15) is 0 Å². The highest BCUT2D eigenvalue weighted by Crippen LogP contribution is 2.31. The Morgan fingerprint density at radius 1 is 0.610 bits per heavy atom. The lowest BCUT2D eigenvalue weighted by Gasteiger charge is -2.44. The first-order valence-corrected chi connectivity index (χ1v) is 12.8. The zero-order chi connectivity index (χ0) is 30.1. The zero-order valence-corrected chi connectivity index (χ0v) is 23.3. The van der Waals surface area contributed by atoms with E-state index < -0.39 is 79.1 Å². The third-order valence-electron chi connectivity index (χ3n) is 5.86. The summed E-state index contributed by atoms with van der Waals surface area (Å²) < 4.78 is 50.3. The van der Waals surface area contributed by atoms with Crippen LogP contribution in [0.4, 0.5) is 0 Å². The van der Waals surface area contributed by atoms with Crippen LogP contribution in [-0.2, 0) is 73.2 Å². The average Bonchev–Trinajstić information content (AvgIpc) is 2.88. The molecule has 1 aromatic rings. The van der Waals surface area contributed by atoms with Crippen LogP contribution in [0.3, 0.4) is 0 Å². The summed E-state index contributed by atoms with van der Waals surface area (Å²) in [5.41, 5.74) is 0.818. The molecule has 2 aliphatic rings. The molecule has 8 unspecified atom stereocenters. The molecule has 14 nitrogen and oxygen atoms in total. The highest BCUT2D eigenvalue weighted by atomic mass is 16.8. The van der Waals surface area contributed by atoms with Crippen LogP contribution in [0.25, 0.3) is 0 Å². The lowest BCUT2D eigenvalue weighted by atomic mass is 10.0. The van der Waals surface area contributed by atoms with Gasteiger partial charge in [0.1, 0.15) is 6.10 Å². The molecule has 0 bridgehead atoms. The molecule has 226 valence electrons.